The third-order valence-electron chi connectivity index (χ3n) is 4.49. The van der Waals surface area contributed by atoms with Crippen molar-refractivity contribution in [2.75, 3.05) is 19.7 Å². The first-order chi connectivity index (χ1) is 11.1. The Bertz CT molecular complexity index is 513. The Balaban J connectivity index is 1.67. The van der Waals surface area contributed by atoms with Gasteiger partial charge in [0.1, 0.15) is 6.04 Å². The van der Waals surface area contributed by atoms with E-state index in [4.69, 9.17) is 4.74 Å². The molecule has 1 saturated heterocycles. The third-order valence-corrected chi connectivity index (χ3v) is 4.49. The summed E-state index contributed by atoms with van der Waals surface area (Å²) in [4.78, 5) is 15.0. The van der Waals surface area contributed by atoms with E-state index in [1.807, 2.05) is 18.2 Å². The van der Waals surface area contributed by atoms with Crippen molar-refractivity contribution < 1.29 is 9.53 Å². The summed E-state index contributed by atoms with van der Waals surface area (Å²) < 4.78 is 5.98. The lowest BCUT2D eigenvalue weighted by Crippen LogP contribution is -2.41. The van der Waals surface area contributed by atoms with Crippen molar-refractivity contribution in [3.63, 3.8) is 0 Å². The summed E-state index contributed by atoms with van der Waals surface area (Å²) in [5.41, 5.74) is 1.08. The van der Waals surface area contributed by atoms with Gasteiger partial charge in [-0.05, 0) is 30.7 Å². The second-order valence-electron chi connectivity index (χ2n) is 7.23. The number of carbonyl (C=O) groups is 1. The van der Waals surface area contributed by atoms with Gasteiger partial charge in [0.25, 0.3) is 0 Å². The molecule has 2 aliphatic rings. The summed E-state index contributed by atoms with van der Waals surface area (Å²) in [5.74, 6) is 0.690. The molecule has 126 valence electrons. The van der Waals surface area contributed by atoms with E-state index in [9.17, 15) is 4.79 Å². The molecular weight excluding hydrogens is 288 g/mol. The monoisotopic (exact) mass is 316 g/mol. The molecule has 1 saturated carbocycles. The number of benzene rings is 1. The minimum atomic E-state index is -0.190. The van der Waals surface area contributed by atoms with Gasteiger partial charge in [0, 0.05) is 25.7 Å². The van der Waals surface area contributed by atoms with Crippen LogP contribution in [0.2, 0.25) is 0 Å². The lowest BCUT2D eigenvalue weighted by atomic mass is 10.0. The largest absolute Gasteiger partial charge is 0.377 e. The van der Waals surface area contributed by atoms with Crippen molar-refractivity contribution in [2.24, 2.45) is 5.92 Å². The molecule has 0 radical (unpaired) electrons. The maximum atomic E-state index is 12.8. The van der Waals surface area contributed by atoms with Crippen LogP contribution in [0.3, 0.4) is 0 Å². The van der Waals surface area contributed by atoms with E-state index in [0.717, 1.165) is 44.5 Å². The Kier molecular flexibility index (Phi) is 5.34. The van der Waals surface area contributed by atoms with E-state index in [0.29, 0.717) is 12.0 Å². The second kappa shape index (κ2) is 7.45. The van der Waals surface area contributed by atoms with Crippen LogP contribution in [0.15, 0.2) is 30.3 Å². The standard InChI is InChI=1S/C19H28N2O2/c1-14(2)13-23-17-10-11-21(12-17)18(15-6-4-3-5-7-15)19(22)20-16-8-9-16/h3-7,14,16-18H,8-13H2,1-2H3,(H,20,22). The zero-order valence-corrected chi connectivity index (χ0v) is 14.2. The summed E-state index contributed by atoms with van der Waals surface area (Å²) in [6, 6.07) is 10.3. The van der Waals surface area contributed by atoms with E-state index < -0.39 is 0 Å². The molecule has 0 spiro atoms. The van der Waals surface area contributed by atoms with Crippen molar-refractivity contribution in [3.8, 4) is 0 Å². The van der Waals surface area contributed by atoms with Gasteiger partial charge in [0.05, 0.1) is 6.10 Å². The number of rotatable bonds is 7. The molecule has 2 fully saturated rings. The molecular formula is C19H28N2O2. The highest BCUT2D eigenvalue weighted by atomic mass is 16.5. The summed E-state index contributed by atoms with van der Waals surface area (Å²) in [6.45, 7) is 6.89. The smallest absolute Gasteiger partial charge is 0.242 e. The first kappa shape index (κ1) is 16.5. The van der Waals surface area contributed by atoms with Crippen LogP contribution in [0.1, 0.15) is 44.7 Å². The van der Waals surface area contributed by atoms with Crippen molar-refractivity contribution in [1.82, 2.24) is 10.2 Å². The fourth-order valence-corrected chi connectivity index (χ4v) is 3.12. The first-order valence-corrected chi connectivity index (χ1v) is 8.84. The van der Waals surface area contributed by atoms with Gasteiger partial charge in [-0.1, -0.05) is 44.2 Å². The molecule has 1 aromatic rings. The number of amides is 1. The lowest BCUT2D eigenvalue weighted by molar-refractivity contribution is -0.126. The van der Waals surface area contributed by atoms with E-state index in [2.05, 4.69) is 36.2 Å². The summed E-state index contributed by atoms with van der Waals surface area (Å²) in [6.07, 6.45) is 3.49. The van der Waals surface area contributed by atoms with Crippen LogP contribution in [-0.4, -0.2) is 42.6 Å². The third kappa shape index (κ3) is 4.55. The fraction of sp³-hybridized carbons (Fsp3) is 0.632. The Labute approximate surface area is 139 Å². The summed E-state index contributed by atoms with van der Waals surface area (Å²) in [5, 5.41) is 3.17. The van der Waals surface area contributed by atoms with Crippen molar-refractivity contribution in [2.45, 2.75) is 51.3 Å². The SMILES string of the molecule is CC(C)COC1CCN(C(C(=O)NC2CC2)c2ccccc2)C1. The van der Waals surface area contributed by atoms with E-state index >= 15 is 0 Å². The lowest BCUT2D eigenvalue weighted by Gasteiger charge is -2.27. The molecule has 0 aromatic heterocycles. The molecule has 2 unspecified atom stereocenters. The predicted molar refractivity (Wildman–Crippen MR) is 91.1 cm³/mol. The van der Waals surface area contributed by atoms with Crippen molar-refractivity contribution in [3.05, 3.63) is 35.9 Å². The van der Waals surface area contributed by atoms with Gasteiger partial charge in [-0.15, -0.1) is 0 Å². The number of nitrogens with one attached hydrogen (secondary N) is 1. The van der Waals surface area contributed by atoms with Crippen LogP contribution in [0.4, 0.5) is 0 Å². The van der Waals surface area contributed by atoms with Gasteiger partial charge in [-0.3, -0.25) is 9.69 Å². The molecule has 23 heavy (non-hydrogen) atoms. The second-order valence-corrected chi connectivity index (χ2v) is 7.23. The molecule has 3 rings (SSSR count). The highest BCUT2D eigenvalue weighted by Gasteiger charge is 2.36. The summed E-state index contributed by atoms with van der Waals surface area (Å²) in [7, 11) is 0. The van der Waals surface area contributed by atoms with Crippen molar-refractivity contribution in [1.29, 1.82) is 0 Å². The van der Waals surface area contributed by atoms with Gasteiger partial charge >= 0.3 is 0 Å². The fourth-order valence-electron chi connectivity index (χ4n) is 3.12. The molecule has 1 aromatic carbocycles. The minimum absolute atomic E-state index is 0.142. The molecule has 1 heterocycles. The average Bonchev–Trinajstić information content (AvgIpc) is 3.22. The van der Waals surface area contributed by atoms with Gasteiger partial charge in [0.2, 0.25) is 5.91 Å². The quantitative estimate of drug-likeness (QED) is 0.841. The average molecular weight is 316 g/mol. The zero-order valence-electron chi connectivity index (χ0n) is 14.2. The van der Waals surface area contributed by atoms with Crippen LogP contribution in [0.5, 0.6) is 0 Å². The Hall–Kier alpha value is -1.39. The number of hydrogen-bond donors (Lipinski definition) is 1. The normalized spacial score (nSPS) is 23.2. The van der Waals surface area contributed by atoms with Gasteiger partial charge < -0.3 is 10.1 Å². The molecule has 1 aliphatic heterocycles. The van der Waals surface area contributed by atoms with Crippen LogP contribution in [0, 0.1) is 5.92 Å². The molecule has 1 aliphatic carbocycles. The van der Waals surface area contributed by atoms with Crippen LogP contribution < -0.4 is 5.32 Å². The number of likely N-dealkylation sites (tertiary alicyclic amines) is 1. The van der Waals surface area contributed by atoms with Crippen LogP contribution in [0.25, 0.3) is 0 Å². The van der Waals surface area contributed by atoms with E-state index in [1.165, 1.54) is 0 Å². The highest BCUT2D eigenvalue weighted by Crippen LogP contribution is 2.28. The van der Waals surface area contributed by atoms with Crippen LogP contribution in [-0.2, 0) is 9.53 Å². The molecule has 4 heteroatoms. The summed E-state index contributed by atoms with van der Waals surface area (Å²) >= 11 is 0. The molecule has 1 N–H and O–H groups in total. The maximum Gasteiger partial charge on any atom is 0.242 e. The van der Waals surface area contributed by atoms with Crippen LogP contribution >= 0.6 is 0 Å². The van der Waals surface area contributed by atoms with E-state index in [-0.39, 0.29) is 18.1 Å². The maximum absolute atomic E-state index is 12.8. The molecule has 4 nitrogen and oxygen atoms in total. The number of ether oxygens (including phenoxy) is 1. The topological polar surface area (TPSA) is 41.6 Å². The minimum Gasteiger partial charge on any atom is -0.377 e. The van der Waals surface area contributed by atoms with Gasteiger partial charge in [-0.25, -0.2) is 0 Å². The zero-order chi connectivity index (χ0) is 16.2. The van der Waals surface area contributed by atoms with E-state index in [1.54, 1.807) is 0 Å². The Morgan fingerprint density at radius 1 is 1.26 bits per heavy atom. The Morgan fingerprint density at radius 3 is 2.65 bits per heavy atom. The van der Waals surface area contributed by atoms with Crippen molar-refractivity contribution >= 4 is 5.91 Å². The van der Waals surface area contributed by atoms with Gasteiger partial charge in [0.15, 0.2) is 0 Å². The molecule has 1 amide bonds. The molecule has 2 atom stereocenters. The Morgan fingerprint density at radius 2 is 2.00 bits per heavy atom. The highest BCUT2D eigenvalue weighted by molar-refractivity contribution is 5.83. The number of nitrogens with zero attached hydrogens (tertiary/aromatic N) is 1. The number of carbonyl (C=O) groups excluding carboxylic acids is 1. The van der Waals surface area contributed by atoms with Gasteiger partial charge in [-0.2, -0.15) is 0 Å². The predicted octanol–water partition coefficient (Wildman–Crippen LogP) is 2.75. The molecule has 0 bridgehead atoms. The number of hydrogen-bond acceptors (Lipinski definition) is 3. The first-order valence-electron chi connectivity index (χ1n) is 8.84.